The second-order valence-corrected chi connectivity index (χ2v) is 4.15. The Kier molecular flexibility index (Phi) is 3.11. The van der Waals surface area contributed by atoms with Crippen LogP contribution in [0.4, 0.5) is 5.69 Å². The van der Waals surface area contributed by atoms with Gasteiger partial charge in [0, 0.05) is 0 Å². The van der Waals surface area contributed by atoms with Crippen LogP contribution in [0.25, 0.3) is 0 Å². The fraction of sp³-hybridized carbons (Fsp3) is 0. The number of para-hydroxylation sites is 1. The van der Waals surface area contributed by atoms with Crippen molar-refractivity contribution in [1.29, 1.82) is 0 Å². The zero-order valence-electron chi connectivity index (χ0n) is 8.68. The van der Waals surface area contributed by atoms with Crippen LogP contribution in [-0.4, -0.2) is 22.9 Å². The van der Waals surface area contributed by atoms with Crippen LogP contribution in [0.3, 0.4) is 0 Å². The molecule has 5 nitrogen and oxygen atoms in total. The number of aromatic carboxylic acids is 1. The predicted molar refractivity (Wildman–Crippen MR) is 64.6 cm³/mol. The first-order valence-corrected chi connectivity index (χ1v) is 5.47. The second kappa shape index (κ2) is 4.44. The van der Waals surface area contributed by atoms with Gasteiger partial charge in [0.1, 0.15) is 10.1 Å². The Balaban J connectivity index is 2.56. The van der Waals surface area contributed by atoms with E-state index >= 15 is 0 Å². The highest BCUT2D eigenvalue weighted by atomic mass is 35.5. The van der Waals surface area contributed by atoms with E-state index in [9.17, 15) is 14.4 Å². The van der Waals surface area contributed by atoms with Crippen LogP contribution >= 0.6 is 23.2 Å². The minimum atomic E-state index is -1.26. The first kappa shape index (κ1) is 12.6. The van der Waals surface area contributed by atoms with Crippen molar-refractivity contribution < 1.29 is 19.5 Å². The van der Waals surface area contributed by atoms with Crippen molar-refractivity contribution >= 4 is 46.7 Å². The molecule has 1 N–H and O–H groups in total. The minimum Gasteiger partial charge on any atom is -0.478 e. The number of benzene rings is 1. The van der Waals surface area contributed by atoms with Gasteiger partial charge >= 0.3 is 5.97 Å². The van der Waals surface area contributed by atoms with Crippen molar-refractivity contribution in [2.75, 3.05) is 4.90 Å². The number of carbonyl (C=O) groups is 3. The van der Waals surface area contributed by atoms with Crippen LogP contribution in [0.2, 0.25) is 0 Å². The topological polar surface area (TPSA) is 74.7 Å². The molecule has 0 radical (unpaired) electrons. The summed E-state index contributed by atoms with van der Waals surface area (Å²) in [6.07, 6.45) is 0. The van der Waals surface area contributed by atoms with E-state index in [0.29, 0.717) is 4.90 Å². The van der Waals surface area contributed by atoms with Gasteiger partial charge in [-0.05, 0) is 12.1 Å². The molecule has 7 heteroatoms. The van der Waals surface area contributed by atoms with Gasteiger partial charge in [0.25, 0.3) is 11.8 Å². The molecule has 1 aromatic carbocycles. The highest BCUT2D eigenvalue weighted by molar-refractivity contribution is 6.62. The average molecular weight is 286 g/mol. The molecule has 0 unspecified atom stereocenters. The van der Waals surface area contributed by atoms with Gasteiger partial charge in [0.2, 0.25) is 0 Å². The molecule has 2 rings (SSSR count). The van der Waals surface area contributed by atoms with Crippen molar-refractivity contribution in [2.45, 2.75) is 0 Å². The summed E-state index contributed by atoms with van der Waals surface area (Å²) in [6, 6.07) is 5.59. The number of carboxylic acids is 1. The van der Waals surface area contributed by atoms with E-state index in [0.717, 1.165) is 0 Å². The molecule has 0 bridgehead atoms. The number of nitrogens with zero attached hydrogens (tertiary/aromatic N) is 1. The Bertz CT molecular complexity index is 585. The number of rotatable bonds is 2. The summed E-state index contributed by atoms with van der Waals surface area (Å²) in [5, 5.41) is 8.17. The first-order chi connectivity index (χ1) is 8.45. The monoisotopic (exact) mass is 285 g/mol. The Hall–Kier alpha value is -1.85. The summed E-state index contributed by atoms with van der Waals surface area (Å²) in [7, 11) is 0. The third-order valence-electron chi connectivity index (χ3n) is 2.35. The molecular weight excluding hydrogens is 281 g/mol. The normalized spacial score (nSPS) is 15.6. The number of hydrogen-bond acceptors (Lipinski definition) is 3. The number of amides is 2. The second-order valence-electron chi connectivity index (χ2n) is 3.40. The Morgan fingerprint density at radius 1 is 1.06 bits per heavy atom. The van der Waals surface area contributed by atoms with Crippen molar-refractivity contribution in [1.82, 2.24) is 0 Å². The Morgan fingerprint density at radius 2 is 1.56 bits per heavy atom. The van der Waals surface area contributed by atoms with E-state index in [1.807, 2.05) is 0 Å². The van der Waals surface area contributed by atoms with Crippen molar-refractivity contribution in [2.24, 2.45) is 0 Å². The molecule has 1 aliphatic heterocycles. The summed E-state index contributed by atoms with van der Waals surface area (Å²) >= 11 is 11.1. The molecule has 18 heavy (non-hydrogen) atoms. The molecule has 0 spiro atoms. The summed E-state index contributed by atoms with van der Waals surface area (Å²) in [5.74, 6) is -2.92. The number of imide groups is 1. The lowest BCUT2D eigenvalue weighted by molar-refractivity contribution is -0.120. The number of hydrogen-bond donors (Lipinski definition) is 1. The molecule has 0 aromatic heterocycles. The molecule has 0 atom stereocenters. The zero-order chi connectivity index (χ0) is 13.4. The lowest BCUT2D eigenvalue weighted by atomic mass is 10.1. The fourth-order valence-electron chi connectivity index (χ4n) is 1.54. The van der Waals surface area contributed by atoms with Gasteiger partial charge in [-0.1, -0.05) is 35.3 Å². The van der Waals surface area contributed by atoms with E-state index in [2.05, 4.69) is 0 Å². The van der Waals surface area contributed by atoms with Crippen LogP contribution in [0.5, 0.6) is 0 Å². The zero-order valence-corrected chi connectivity index (χ0v) is 10.2. The highest BCUT2D eigenvalue weighted by Crippen LogP contribution is 2.32. The summed E-state index contributed by atoms with van der Waals surface area (Å²) in [4.78, 5) is 35.2. The van der Waals surface area contributed by atoms with Gasteiger partial charge in [-0.3, -0.25) is 9.59 Å². The maximum Gasteiger partial charge on any atom is 0.337 e. The average Bonchev–Trinajstić information content (AvgIpc) is 2.54. The molecular formula is C11H5Cl2NO4. The molecule has 2 amide bonds. The molecule has 0 saturated carbocycles. The predicted octanol–water partition coefficient (Wildman–Crippen LogP) is 1.95. The summed E-state index contributed by atoms with van der Waals surface area (Å²) < 4.78 is 0. The van der Waals surface area contributed by atoms with Crippen LogP contribution in [0.15, 0.2) is 34.3 Å². The third kappa shape index (κ3) is 1.77. The van der Waals surface area contributed by atoms with Crippen LogP contribution < -0.4 is 4.90 Å². The maximum atomic E-state index is 11.7. The van der Waals surface area contributed by atoms with Gasteiger partial charge in [-0.15, -0.1) is 0 Å². The Morgan fingerprint density at radius 3 is 2.06 bits per heavy atom. The van der Waals surface area contributed by atoms with Crippen LogP contribution in [0, 0.1) is 0 Å². The van der Waals surface area contributed by atoms with Crippen molar-refractivity contribution in [3.63, 3.8) is 0 Å². The van der Waals surface area contributed by atoms with E-state index < -0.39 is 27.8 Å². The number of halogens is 2. The highest BCUT2D eigenvalue weighted by Gasteiger charge is 2.39. The van der Waals surface area contributed by atoms with Crippen LogP contribution in [0.1, 0.15) is 10.4 Å². The van der Waals surface area contributed by atoms with Crippen molar-refractivity contribution in [3.8, 4) is 0 Å². The van der Waals surface area contributed by atoms with Gasteiger partial charge in [-0.25, -0.2) is 9.69 Å². The van der Waals surface area contributed by atoms with E-state index in [1.54, 1.807) is 0 Å². The molecule has 1 heterocycles. The van der Waals surface area contributed by atoms with Gasteiger partial charge < -0.3 is 5.11 Å². The van der Waals surface area contributed by atoms with Crippen molar-refractivity contribution in [3.05, 3.63) is 39.9 Å². The summed E-state index contributed by atoms with van der Waals surface area (Å²) in [6.45, 7) is 0. The molecule has 1 aliphatic rings. The fourth-order valence-corrected chi connectivity index (χ4v) is 1.88. The van der Waals surface area contributed by atoms with Crippen LogP contribution in [-0.2, 0) is 9.59 Å². The lowest BCUT2D eigenvalue weighted by Crippen LogP contribution is -2.32. The molecule has 0 fully saturated rings. The molecule has 1 aromatic rings. The lowest BCUT2D eigenvalue weighted by Gasteiger charge is -2.16. The maximum absolute atomic E-state index is 11.7. The number of carboxylic acid groups (broad SMARTS) is 1. The van der Waals surface area contributed by atoms with Gasteiger partial charge in [0.15, 0.2) is 0 Å². The van der Waals surface area contributed by atoms with Gasteiger partial charge in [0.05, 0.1) is 11.3 Å². The molecule has 92 valence electrons. The van der Waals surface area contributed by atoms with Gasteiger partial charge in [-0.2, -0.15) is 0 Å². The Labute approximate surface area is 111 Å². The molecule has 0 saturated heterocycles. The first-order valence-electron chi connectivity index (χ1n) is 4.71. The quantitative estimate of drug-likeness (QED) is 0.843. The number of carbonyl (C=O) groups excluding carboxylic acids is 2. The standard InChI is InChI=1S/C11H5Cl2NO4/c12-7-8(13)10(16)14(9(7)15)6-4-2-1-3-5(6)11(17)18/h1-4H,(H,17,18). The van der Waals surface area contributed by atoms with E-state index in [1.165, 1.54) is 24.3 Å². The smallest absolute Gasteiger partial charge is 0.337 e. The largest absolute Gasteiger partial charge is 0.478 e. The molecule has 0 aliphatic carbocycles. The van der Waals surface area contributed by atoms with E-state index in [-0.39, 0.29) is 11.3 Å². The third-order valence-corrected chi connectivity index (χ3v) is 3.15. The summed E-state index contributed by atoms with van der Waals surface area (Å²) in [5.41, 5.74) is -0.246. The SMILES string of the molecule is O=C(O)c1ccccc1N1C(=O)C(Cl)=C(Cl)C1=O. The minimum absolute atomic E-state index is 0.0613. The number of anilines is 1. The van der Waals surface area contributed by atoms with E-state index in [4.69, 9.17) is 28.3 Å².